The Morgan fingerprint density at radius 1 is 1.21 bits per heavy atom. The van der Waals surface area contributed by atoms with Crippen LogP contribution >= 0.6 is 39.1 Å². The maximum Gasteiger partial charge on any atom is 0.306 e. The van der Waals surface area contributed by atoms with Gasteiger partial charge in [-0.25, -0.2) is 9.97 Å². The maximum atomic E-state index is 11.1. The zero-order valence-corrected chi connectivity index (χ0v) is 23.8. The molecule has 1 atom stereocenters. The Bertz CT molecular complexity index is 1500. The molecule has 2 heterocycles. The van der Waals surface area contributed by atoms with Crippen molar-refractivity contribution in [3.8, 4) is 23.0 Å². The molecule has 5 rings (SSSR count). The molecule has 1 aliphatic rings. The lowest BCUT2D eigenvalue weighted by Crippen LogP contribution is -2.13. The number of carboxylic acid groups (broad SMARTS) is 1. The van der Waals surface area contributed by atoms with E-state index >= 15 is 0 Å². The molecule has 198 valence electrons. The Kier molecular flexibility index (Phi) is 7.53. The van der Waals surface area contributed by atoms with Crippen LogP contribution < -0.4 is 9.47 Å². The molecule has 0 saturated heterocycles. The van der Waals surface area contributed by atoms with Gasteiger partial charge in [0.25, 0.3) is 0 Å². The molecule has 4 aromatic rings. The summed E-state index contributed by atoms with van der Waals surface area (Å²) in [5, 5.41) is 10.1. The van der Waals surface area contributed by atoms with Crippen molar-refractivity contribution in [2.24, 2.45) is 5.92 Å². The van der Waals surface area contributed by atoms with Crippen LogP contribution in [0.5, 0.6) is 11.6 Å². The number of aromatic nitrogens is 4. The first-order valence-electron chi connectivity index (χ1n) is 12.1. The van der Waals surface area contributed by atoms with Crippen molar-refractivity contribution in [3.05, 3.63) is 62.8 Å². The summed E-state index contributed by atoms with van der Waals surface area (Å²) < 4.78 is 14.8. The molecule has 11 heteroatoms. The van der Waals surface area contributed by atoms with Crippen LogP contribution in [-0.4, -0.2) is 42.8 Å². The lowest BCUT2D eigenvalue weighted by molar-refractivity contribution is -0.141. The lowest BCUT2D eigenvalue weighted by atomic mass is 10.1. The first-order chi connectivity index (χ1) is 18.1. The molecular formula is C27H25BrCl2N4O4. The number of hydrogen-bond donors (Lipinski definition) is 1. The van der Waals surface area contributed by atoms with E-state index in [0.717, 1.165) is 22.9 Å². The fourth-order valence-corrected chi connectivity index (χ4v) is 5.04. The highest BCUT2D eigenvalue weighted by molar-refractivity contribution is 9.10. The normalized spacial score (nSPS) is 14.9. The molecule has 0 radical (unpaired) electrons. The van der Waals surface area contributed by atoms with Crippen molar-refractivity contribution in [2.75, 3.05) is 6.61 Å². The zero-order valence-electron chi connectivity index (χ0n) is 20.7. The second kappa shape index (κ2) is 10.7. The van der Waals surface area contributed by atoms with Gasteiger partial charge in [0.15, 0.2) is 11.2 Å². The summed E-state index contributed by atoms with van der Waals surface area (Å²) in [5.74, 6) is 0.196. The summed E-state index contributed by atoms with van der Waals surface area (Å²) in [6.07, 6.45) is 3.77. The summed E-state index contributed by atoms with van der Waals surface area (Å²) in [6.45, 7) is 4.33. The smallest absolute Gasteiger partial charge is 0.306 e. The first kappa shape index (κ1) is 26.7. The SMILES string of the molecule is C[C@H](CCOc1ccc(-c2nc3c(OC4(C)CC4)ncnc3n2Cc2c(Cl)cccc2Br)c(Cl)c1)C(=O)O. The molecule has 0 unspecified atom stereocenters. The van der Waals surface area contributed by atoms with Crippen molar-refractivity contribution >= 4 is 56.3 Å². The number of hydrogen-bond acceptors (Lipinski definition) is 6. The van der Waals surface area contributed by atoms with E-state index in [1.54, 1.807) is 19.1 Å². The third-order valence-corrected chi connectivity index (χ3v) is 8.01. The van der Waals surface area contributed by atoms with Crippen LogP contribution in [0, 0.1) is 5.92 Å². The van der Waals surface area contributed by atoms with E-state index in [1.165, 1.54) is 6.33 Å². The fourth-order valence-electron chi connectivity index (χ4n) is 3.94. The highest BCUT2D eigenvalue weighted by Crippen LogP contribution is 2.41. The lowest BCUT2D eigenvalue weighted by Gasteiger charge is -2.14. The fraction of sp³-hybridized carbons (Fsp3) is 0.333. The van der Waals surface area contributed by atoms with Gasteiger partial charge >= 0.3 is 5.97 Å². The van der Waals surface area contributed by atoms with Gasteiger partial charge in [-0.2, -0.15) is 4.98 Å². The van der Waals surface area contributed by atoms with Crippen LogP contribution in [0.25, 0.3) is 22.6 Å². The highest BCUT2D eigenvalue weighted by Gasteiger charge is 2.41. The number of aliphatic carboxylic acids is 1. The van der Waals surface area contributed by atoms with E-state index < -0.39 is 11.9 Å². The molecule has 1 N–H and O–H groups in total. The maximum absolute atomic E-state index is 11.1. The third-order valence-electron chi connectivity index (χ3n) is 6.60. The number of rotatable bonds is 10. The average molecular weight is 620 g/mol. The largest absolute Gasteiger partial charge is 0.494 e. The van der Waals surface area contributed by atoms with Crippen molar-refractivity contribution < 1.29 is 19.4 Å². The van der Waals surface area contributed by atoms with Crippen molar-refractivity contribution in [1.82, 2.24) is 19.5 Å². The predicted molar refractivity (Wildman–Crippen MR) is 149 cm³/mol. The van der Waals surface area contributed by atoms with Crippen LogP contribution in [0.2, 0.25) is 10.0 Å². The molecule has 0 aliphatic heterocycles. The molecule has 1 fully saturated rings. The van der Waals surface area contributed by atoms with E-state index in [0.29, 0.717) is 57.2 Å². The van der Waals surface area contributed by atoms with E-state index in [2.05, 4.69) is 25.9 Å². The van der Waals surface area contributed by atoms with Gasteiger partial charge in [-0.3, -0.25) is 4.79 Å². The van der Waals surface area contributed by atoms with Gasteiger partial charge in [0.2, 0.25) is 5.88 Å². The molecule has 0 bridgehead atoms. The van der Waals surface area contributed by atoms with Crippen LogP contribution in [0.1, 0.15) is 38.7 Å². The van der Waals surface area contributed by atoms with E-state index in [9.17, 15) is 4.79 Å². The van der Waals surface area contributed by atoms with Crippen LogP contribution in [0.15, 0.2) is 47.2 Å². The standard InChI is InChI=1S/C27H25BrCl2N4O4/c1-15(26(35)36)8-11-37-16-6-7-17(21(30)12-16)23-33-22-24(31-14-32-25(22)38-27(2)9-10-27)34(23)13-18-19(28)4-3-5-20(18)29/h3-7,12,14-15H,8-11,13H2,1-2H3,(H,35,36)/t15-/m1/s1. The Labute approximate surface area is 238 Å². The van der Waals surface area contributed by atoms with Gasteiger partial charge in [-0.1, -0.05) is 52.1 Å². The Hall–Kier alpha value is -2.88. The van der Waals surface area contributed by atoms with Gasteiger partial charge < -0.3 is 19.1 Å². The molecule has 1 saturated carbocycles. The second-order valence-corrected chi connectivity index (χ2v) is 11.3. The van der Waals surface area contributed by atoms with E-state index in [4.69, 9.17) is 42.8 Å². The summed E-state index contributed by atoms with van der Waals surface area (Å²) in [6, 6.07) is 11.0. The quantitative estimate of drug-likeness (QED) is 0.203. The van der Waals surface area contributed by atoms with Crippen LogP contribution in [0.4, 0.5) is 0 Å². The summed E-state index contributed by atoms with van der Waals surface area (Å²) >= 11 is 16.9. The minimum Gasteiger partial charge on any atom is -0.494 e. The van der Waals surface area contributed by atoms with Gasteiger partial charge in [0.1, 0.15) is 23.5 Å². The topological polar surface area (TPSA) is 99.4 Å². The van der Waals surface area contributed by atoms with E-state index in [-0.39, 0.29) is 12.2 Å². The molecule has 2 aromatic carbocycles. The molecule has 2 aromatic heterocycles. The van der Waals surface area contributed by atoms with Gasteiger partial charge in [0.05, 0.1) is 24.1 Å². The van der Waals surface area contributed by atoms with Crippen LogP contribution in [-0.2, 0) is 11.3 Å². The summed E-state index contributed by atoms with van der Waals surface area (Å²) in [5.41, 5.74) is 2.43. The molecule has 38 heavy (non-hydrogen) atoms. The van der Waals surface area contributed by atoms with Crippen LogP contribution in [0.3, 0.4) is 0 Å². The number of ether oxygens (including phenoxy) is 2. The van der Waals surface area contributed by atoms with Gasteiger partial charge in [0, 0.05) is 20.6 Å². The molecule has 0 spiro atoms. The second-order valence-electron chi connectivity index (χ2n) is 9.64. The van der Waals surface area contributed by atoms with E-state index in [1.807, 2.05) is 35.8 Å². The number of imidazole rings is 1. The Morgan fingerprint density at radius 3 is 2.68 bits per heavy atom. The predicted octanol–water partition coefficient (Wildman–Crippen LogP) is 7.03. The summed E-state index contributed by atoms with van der Waals surface area (Å²) in [7, 11) is 0. The number of benzene rings is 2. The Balaban J connectivity index is 1.55. The number of halogens is 3. The first-order valence-corrected chi connectivity index (χ1v) is 13.7. The minimum atomic E-state index is -0.854. The van der Waals surface area contributed by atoms with Gasteiger partial charge in [-0.05, 0) is 56.5 Å². The highest BCUT2D eigenvalue weighted by atomic mass is 79.9. The van der Waals surface area contributed by atoms with Gasteiger partial charge in [-0.15, -0.1) is 0 Å². The van der Waals surface area contributed by atoms with Crippen molar-refractivity contribution in [2.45, 2.75) is 45.3 Å². The third kappa shape index (κ3) is 5.60. The number of carbonyl (C=O) groups is 1. The average Bonchev–Trinajstić information content (AvgIpc) is 3.48. The molecule has 8 nitrogen and oxygen atoms in total. The zero-order chi connectivity index (χ0) is 27.0. The van der Waals surface area contributed by atoms with Crippen molar-refractivity contribution in [1.29, 1.82) is 0 Å². The minimum absolute atomic E-state index is 0.244. The number of nitrogens with zero attached hydrogens (tertiary/aromatic N) is 4. The monoisotopic (exact) mass is 618 g/mol. The number of fused-ring (bicyclic) bond motifs is 1. The van der Waals surface area contributed by atoms with Crippen molar-refractivity contribution in [3.63, 3.8) is 0 Å². The summed E-state index contributed by atoms with van der Waals surface area (Å²) in [4.78, 5) is 24.9. The Morgan fingerprint density at radius 2 is 2.00 bits per heavy atom. The molecular weight excluding hydrogens is 595 g/mol. The molecule has 1 aliphatic carbocycles. The number of carboxylic acids is 1. The molecule has 0 amide bonds.